The van der Waals surface area contributed by atoms with Gasteiger partial charge in [0.1, 0.15) is 5.82 Å². The van der Waals surface area contributed by atoms with Crippen molar-refractivity contribution in [3.63, 3.8) is 0 Å². The monoisotopic (exact) mass is 334 g/mol. The van der Waals surface area contributed by atoms with Gasteiger partial charge in [0.15, 0.2) is 0 Å². The van der Waals surface area contributed by atoms with Gasteiger partial charge in [-0.3, -0.25) is 10.1 Å². The molecule has 0 radical (unpaired) electrons. The number of nitro benzene ring substituents is 1. The summed E-state index contributed by atoms with van der Waals surface area (Å²) in [5.74, 6) is -1.45. The van der Waals surface area contributed by atoms with E-state index < -0.39 is 22.2 Å². The third kappa shape index (κ3) is 2.93. The van der Waals surface area contributed by atoms with Crippen molar-refractivity contribution in [3.05, 3.63) is 75.3 Å². The number of nitrogens with one attached hydrogen (secondary N) is 1. The van der Waals surface area contributed by atoms with Crippen molar-refractivity contribution < 1.29 is 13.7 Å². The molecule has 0 saturated heterocycles. The first-order chi connectivity index (χ1) is 11.0. The number of fused-ring (bicyclic) bond motifs is 1. The third-order valence-electron chi connectivity index (χ3n) is 3.34. The van der Waals surface area contributed by atoms with Crippen LogP contribution < -0.4 is 5.32 Å². The SMILES string of the molecule is O=[N+]([O-])c1cc2c(Nc3ccc(F)c(Cl)c3)cccc2cc1F. The average Bonchev–Trinajstić information content (AvgIpc) is 2.50. The van der Waals surface area contributed by atoms with E-state index in [1.54, 1.807) is 18.2 Å². The molecular formula is C16H9ClF2N2O2. The zero-order valence-corrected chi connectivity index (χ0v) is 12.3. The molecule has 0 spiro atoms. The van der Waals surface area contributed by atoms with E-state index in [1.807, 2.05) is 0 Å². The molecule has 0 aliphatic rings. The molecule has 4 nitrogen and oxygen atoms in total. The smallest absolute Gasteiger partial charge is 0.305 e. The molecule has 0 aliphatic carbocycles. The minimum Gasteiger partial charge on any atom is -0.355 e. The van der Waals surface area contributed by atoms with Crippen LogP contribution >= 0.6 is 11.6 Å². The highest BCUT2D eigenvalue weighted by Gasteiger charge is 2.16. The highest BCUT2D eigenvalue weighted by Crippen LogP contribution is 2.32. The average molecular weight is 335 g/mol. The second kappa shape index (κ2) is 5.81. The van der Waals surface area contributed by atoms with Gasteiger partial charge >= 0.3 is 5.69 Å². The van der Waals surface area contributed by atoms with Crippen LogP contribution in [-0.2, 0) is 0 Å². The predicted octanol–water partition coefficient (Wildman–Crippen LogP) is 5.42. The van der Waals surface area contributed by atoms with Gasteiger partial charge in [0.25, 0.3) is 0 Å². The summed E-state index contributed by atoms with van der Waals surface area (Å²) < 4.78 is 26.9. The Hall–Kier alpha value is -2.73. The number of nitrogens with zero attached hydrogens (tertiary/aromatic N) is 1. The Morgan fingerprint density at radius 2 is 1.83 bits per heavy atom. The Kier molecular flexibility index (Phi) is 3.83. The van der Waals surface area contributed by atoms with E-state index in [1.165, 1.54) is 18.2 Å². The molecule has 0 bridgehead atoms. The fourth-order valence-electron chi connectivity index (χ4n) is 2.26. The summed E-state index contributed by atoms with van der Waals surface area (Å²) in [6.45, 7) is 0. The second-order valence-corrected chi connectivity index (χ2v) is 5.25. The van der Waals surface area contributed by atoms with E-state index in [0.717, 1.165) is 12.1 Å². The maximum atomic E-state index is 13.7. The highest BCUT2D eigenvalue weighted by molar-refractivity contribution is 6.31. The fraction of sp³-hybridized carbons (Fsp3) is 0. The van der Waals surface area contributed by atoms with Gasteiger partial charge in [0.2, 0.25) is 5.82 Å². The van der Waals surface area contributed by atoms with Crippen molar-refractivity contribution in [1.82, 2.24) is 0 Å². The maximum Gasteiger partial charge on any atom is 0.305 e. The van der Waals surface area contributed by atoms with E-state index >= 15 is 0 Å². The van der Waals surface area contributed by atoms with E-state index in [4.69, 9.17) is 11.6 Å². The number of halogens is 3. The first-order valence-corrected chi connectivity index (χ1v) is 6.92. The van der Waals surface area contributed by atoms with Crippen molar-refractivity contribution in [1.29, 1.82) is 0 Å². The van der Waals surface area contributed by atoms with Crippen LogP contribution in [0.4, 0.5) is 25.8 Å². The summed E-state index contributed by atoms with van der Waals surface area (Å²) in [6, 6.07) is 11.4. The van der Waals surface area contributed by atoms with Crippen LogP contribution in [0.15, 0.2) is 48.5 Å². The van der Waals surface area contributed by atoms with Gasteiger partial charge in [-0.2, -0.15) is 4.39 Å². The molecule has 0 saturated carbocycles. The van der Waals surface area contributed by atoms with E-state index in [-0.39, 0.29) is 5.02 Å². The van der Waals surface area contributed by atoms with Gasteiger partial charge in [-0.1, -0.05) is 23.7 Å². The normalized spacial score (nSPS) is 10.7. The van der Waals surface area contributed by atoms with Gasteiger partial charge in [-0.15, -0.1) is 0 Å². The van der Waals surface area contributed by atoms with Crippen LogP contribution in [0.1, 0.15) is 0 Å². The molecule has 3 aromatic rings. The summed E-state index contributed by atoms with van der Waals surface area (Å²) in [5.41, 5.74) is 0.424. The van der Waals surface area contributed by atoms with Crippen molar-refractivity contribution in [2.45, 2.75) is 0 Å². The molecule has 116 valence electrons. The molecule has 0 unspecified atom stereocenters. The number of hydrogen-bond donors (Lipinski definition) is 1. The number of benzene rings is 3. The zero-order valence-electron chi connectivity index (χ0n) is 11.5. The lowest BCUT2D eigenvalue weighted by Crippen LogP contribution is -1.96. The fourth-order valence-corrected chi connectivity index (χ4v) is 2.44. The molecule has 0 aliphatic heterocycles. The molecule has 0 heterocycles. The summed E-state index contributed by atoms with van der Waals surface area (Å²) in [4.78, 5) is 10.1. The number of anilines is 2. The molecule has 3 aromatic carbocycles. The van der Waals surface area contributed by atoms with Crippen LogP contribution in [0.2, 0.25) is 5.02 Å². The lowest BCUT2D eigenvalue weighted by atomic mass is 10.1. The maximum absolute atomic E-state index is 13.7. The lowest BCUT2D eigenvalue weighted by molar-refractivity contribution is -0.387. The van der Waals surface area contributed by atoms with Crippen LogP contribution in [0, 0.1) is 21.7 Å². The Balaban J connectivity index is 2.11. The number of nitro groups is 1. The van der Waals surface area contributed by atoms with Crippen LogP contribution in [-0.4, -0.2) is 4.92 Å². The van der Waals surface area contributed by atoms with E-state index in [2.05, 4.69) is 5.32 Å². The topological polar surface area (TPSA) is 55.2 Å². The number of rotatable bonds is 3. The molecule has 0 aromatic heterocycles. The molecular weight excluding hydrogens is 326 g/mol. The summed E-state index contributed by atoms with van der Waals surface area (Å²) in [5, 5.41) is 14.8. The van der Waals surface area contributed by atoms with Crippen LogP contribution in [0.25, 0.3) is 10.8 Å². The Morgan fingerprint density at radius 1 is 1.04 bits per heavy atom. The van der Waals surface area contributed by atoms with E-state index in [9.17, 15) is 18.9 Å². The first-order valence-electron chi connectivity index (χ1n) is 6.54. The molecule has 0 amide bonds. The largest absolute Gasteiger partial charge is 0.355 e. The molecule has 7 heteroatoms. The Labute approximate surface area is 134 Å². The predicted molar refractivity (Wildman–Crippen MR) is 85.3 cm³/mol. The lowest BCUT2D eigenvalue weighted by Gasteiger charge is -2.10. The third-order valence-corrected chi connectivity index (χ3v) is 3.63. The zero-order chi connectivity index (χ0) is 16.6. The van der Waals surface area contributed by atoms with E-state index in [0.29, 0.717) is 22.1 Å². The summed E-state index contributed by atoms with van der Waals surface area (Å²) in [6.07, 6.45) is 0. The second-order valence-electron chi connectivity index (χ2n) is 4.84. The molecule has 0 fully saturated rings. The molecule has 0 atom stereocenters. The van der Waals surface area contributed by atoms with Gasteiger partial charge in [0.05, 0.1) is 9.95 Å². The molecule has 1 N–H and O–H groups in total. The van der Waals surface area contributed by atoms with Crippen LogP contribution in [0.5, 0.6) is 0 Å². The van der Waals surface area contributed by atoms with Crippen molar-refractivity contribution >= 4 is 39.4 Å². The number of hydrogen-bond acceptors (Lipinski definition) is 3. The minimum atomic E-state index is -0.899. The standard InChI is InChI=1S/C16H9ClF2N2O2/c17-12-7-10(4-5-13(12)18)20-15-3-1-2-9-6-14(19)16(21(22)23)8-11(9)15/h1-8,20H. The van der Waals surface area contributed by atoms with Crippen molar-refractivity contribution in [2.75, 3.05) is 5.32 Å². The summed E-state index contributed by atoms with van der Waals surface area (Å²) in [7, 11) is 0. The van der Waals surface area contributed by atoms with Crippen molar-refractivity contribution in [3.8, 4) is 0 Å². The van der Waals surface area contributed by atoms with Crippen LogP contribution in [0.3, 0.4) is 0 Å². The van der Waals surface area contributed by atoms with Gasteiger partial charge in [-0.25, -0.2) is 4.39 Å². The molecule has 23 heavy (non-hydrogen) atoms. The Bertz CT molecular complexity index is 931. The highest BCUT2D eigenvalue weighted by atomic mass is 35.5. The molecule has 3 rings (SSSR count). The minimum absolute atomic E-state index is 0.0488. The van der Waals surface area contributed by atoms with Gasteiger partial charge in [-0.05, 0) is 35.7 Å². The van der Waals surface area contributed by atoms with Gasteiger partial charge < -0.3 is 5.32 Å². The van der Waals surface area contributed by atoms with Gasteiger partial charge in [0, 0.05) is 22.8 Å². The first kappa shape index (κ1) is 15.2. The Morgan fingerprint density at radius 3 is 2.52 bits per heavy atom. The summed E-state index contributed by atoms with van der Waals surface area (Å²) >= 11 is 5.73. The van der Waals surface area contributed by atoms with Crippen molar-refractivity contribution in [2.24, 2.45) is 0 Å². The quantitative estimate of drug-likeness (QED) is 0.513.